The van der Waals surface area contributed by atoms with Crippen LogP contribution in [0.3, 0.4) is 0 Å². The van der Waals surface area contributed by atoms with E-state index in [1.165, 1.54) is 6.92 Å². The molecule has 0 saturated heterocycles. The Morgan fingerprint density at radius 1 is 1.56 bits per heavy atom. The van der Waals surface area contributed by atoms with Crippen molar-refractivity contribution in [2.75, 3.05) is 7.11 Å². The molecule has 0 amide bonds. The van der Waals surface area contributed by atoms with Crippen molar-refractivity contribution < 1.29 is 14.3 Å². The summed E-state index contributed by atoms with van der Waals surface area (Å²) in [6.07, 6.45) is 2.03. The van der Waals surface area contributed by atoms with Crippen LogP contribution >= 0.6 is 0 Å². The molecule has 0 bridgehead atoms. The second-order valence-corrected chi connectivity index (χ2v) is 3.40. The van der Waals surface area contributed by atoms with E-state index < -0.39 is 0 Å². The predicted molar refractivity (Wildman–Crippen MR) is 62.3 cm³/mol. The number of carbonyl (C=O) groups excluding carboxylic acids is 1. The number of carbonyl (C=O) groups is 1. The Labute approximate surface area is 95.7 Å². The number of methoxy groups -OCH3 is 1. The topological polar surface area (TPSA) is 35.5 Å². The average molecular weight is 220 g/mol. The van der Waals surface area contributed by atoms with Crippen molar-refractivity contribution in [3.63, 3.8) is 0 Å². The smallest absolute Gasteiger partial charge is 0.303 e. The highest BCUT2D eigenvalue weighted by Gasteiger charge is 2.13. The van der Waals surface area contributed by atoms with E-state index in [1.54, 1.807) is 13.2 Å². The normalized spacial score (nSPS) is 11.6. The van der Waals surface area contributed by atoms with Crippen LogP contribution in [0.15, 0.2) is 36.9 Å². The van der Waals surface area contributed by atoms with Gasteiger partial charge in [0.1, 0.15) is 11.9 Å². The Kier molecular flexibility index (Phi) is 4.58. The zero-order chi connectivity index (χ0) is 12.0. The minimum Gasteiger partial charge on any atom is -0.497 e. The van der Waals surface area contributed by atoms with Gasteiger partial charge in [-0.1, -0.05) is 18.2 Å². The summed E-state index contributed by atoms with van der Waals surface area (Å²) in [5.74, 6) is 0.452. The van der Waals surface area contributed by atoms with Crippen LogP contribution in [-0.2, 0) is 9.53 Å². The van der Waals surface area contributed by atoms with E-state index in [9.17, 15) is 4.79 Å². The van der Waals surface area contributed by atoms with Gasteiger partial charge in [-0.05, 0) is 17.7 Å². The molecule has 0 aliphatic heterocycles. The van der Waals surface area contributed by atoms with Gasteiger partial charge >= 0.3 is 5.97 Å². The van der Waals surface area contributed by atoms with Gasteiger partial charge in [-0.3, -0.25) is 4.79 Å². The molecule has 1 rings (SSSR count). The molecule has 1 aromatic rings. The summed E-state index contributed by atoms with van der Waals surface area (Å²) in [5, 5.41) is 0. The largest absolute Gasteiger partial charge is 0.497 e. The van der Waals surface area contributed by atoms with E-state index in [-0.39, 0.29) is 12.1 Å². The fourth-order valence-electron chi connectivity index (χ4n) is 1.45. The van der Waals surface area contributed by atoms with E-state index in [2.05, 4.69) is 6.58 Å². The molecule has 0 heterocycles. The molecule has 0 spiro atoms. The van der Waals surface area contributed by atoms with Gasteiger partial charge < -0.3 is 9.47 Å². The van der Waals surface area contributed by atoms with Crippen LogP contribution in [0.1, 0.15) is 25.0 Å². The number of ether oxygens (including phenoxy) is 2. The molecular weight excluding hydrogens is 204 g/mol. The summed E-state index contributed by atoms with van der Waals surface area (Å²) in [4.78, 5) is 11.0. The van der Waals surface area contributed by atoms with E-state index in [0.29, 0.717) is 6.42 Å². The van der Waals surface area contributed by atoms with Gasteiger partial charge in [0.2, 0.25) is 0 Å². The third-order valence-corrected chi connectivity index (χ3v) is 2.15. The van der Waals surface area contributed by atoms with E-state index in [4.69, 9.17) is 9.47 Å². The fourth-order valence-corrected chi connectivity index (χ4v) is 1.45. The quantitative estimate of drug-likeness (QED) is 0.565. The molecule has 1 atom stereocenters. The minimum atomic E-state index is -0.297. The maximum Gasteiger partial charge on any atom is 0.303 e. The number of esters is 1. The maximum absolute atomic E-state index is 11.0. The van der Waals surface area contributed by atoms with Gasteiger partial charge in [0.25, 0.3) is 0 Å². The van der Waals surface area contributed by atoms with Crippen molar-refractivity contribution >= 4 is 5.97 Å². The minimum absolute atomic E-state index is 0.287. The molecule has 0 radical (unpaired) electrons. The van der Waals surface area contributed by atoms with Gasteiger partial charge in [0, 0.05) is 13.3 Å². The molecular formula is C13H16O3. The third kappa shape index (κ3) is 3.42. The van der Waals surface area contributed by atoms with E-state index in [0.717, 1.165) is 11.3 Å². The zero-order valence-electron chi connectivity index (χ0n) is 9.60. The summed E-state index contributed by atoms with van der Waals surface area (Å²) in [6.45, 7) is 5.05. The highest BCUT2D eigenvalue weighted by atomic mass is 16.5. The van der Waals surface area contributed by atoms with Crippen molar-refractivity contribution in [1.29, 1.82) is 0 Å². The Bertz CT molecular complexity index is 371. The lowest BCUT2D eigenvalue weighted by atomic mass is 10.1. The summed E-state index contributed by atoms with van der Waals surface area (Å²) in [7, 11) is 1.60. The fraction of sp³-hybridized carbons (Fsp3) is 0.308. The Morgan fingerprint density at radius 3 is 2.88 bits per heavy atom. The SMILES string of the molecule is C=CC[C@H](OC(C)=O)c1cccc(OC)c1. The molecule has 0 aliphatic carbocycles. The van der Waals surface area contributed by atoms with Crippen LogP contribution < -0.4 is 4.74 Å². The monoisotopic (exact) mass is 220 g/mol. The zero-order valence-corrected chi connectivity index (χ0v) is 9.60. The van der Waals surface area contributed by atoms with Crippen molar-refractivity contribution in [2.24, 2.45) is 0 Å². The first-order valence-corrected chi connectivity index (χ1v) is 5.09. The standard InChI is InChI=1S/C13H16O3/c1-4-6-13(16-10(2)14)11-7-5-8-12(9-11)15-3/h4-5,7-9,13H,1,6H2,2-3H3/t13-/m0/s1. The van der Waals surface area contributed by atoms with Gasteiger partial charge in [-0.2, -0.15) is 0 Å². The summed E-state index contributed by atoms with van der Waals surface area (Å²) >= 11 is 0. The maximum atomic E-state index is 11.0. The van der Waals surface area contributed by atoms with Gasteiger partial charge in [-0.15, -0.1) is 6.58 Å². The van der Waals surface area contributed by atoms with E-state index >= 15 is 0 Å². The van der Waals surface area contributed by atoms with Crippen LogP contribution in [0.4, 0.5) is 0 Å². The number of rotatable bonds is 5. The second kappa shape index (κ2) is 5.95. The lowest BCUT2D eigenvalue weighted by Gasteiger charge is -2.16. The first-order chi connectivity index (χ1) is 7.67. The van der Waals surface area contributed by atoms with E-state index in [1.807, 2.05) is 24.3 Å². The molecule has 0 saturated carbocycles. The van der Waals surface area contributed by atoms with Gasteiger partial charge in [0.05, 0.1) is 7.11 Å². The summed E-state index contributed by atoms with van der Waals surface area (Å²) in [5.41, 5.74) is 0.912. The molecule has 86 valence electrons. The van der Waals surface area contributed by atoms with Crippen molar-refractivity contribution in [3.05, 3.63) is 42.5 Å². The predicted octanol–water partition coefficient (Wildman–Crippen LogP) is 2.88. The molecule has 0 aromatic heterocycles. The highest BCUT2D eigenvalue weighted by molar-refractivity contribution is 5.66. The van der Waals surface area contributed by atoms with Crippen molar-refractivity contribution in [2.45, 2.75) is 19.4 Å². The van der Waals surface area contributed by atoms with Crippen LogP contribution in [0.2, 0.25) is 0 Å². The van der Waals surface area contributed by atoms with Gasteiger partial charge in [0.15, 0.2) is 0 Å². The van der Waals surface area contributed by atoms with Gasteiger partial charge in [-0.25, -0.2) is 0 Å². The van der Waals surface area contributed by atoms with Crippen LogP contribution in [0, 0.1) is 0 Å². The number of hydrogen-bond acceptors (Lipinski definition) is 3. The molecule has 3 nitrogen and oxygen atoms in total. The highest BCUT2D eigenvalue weighted by Crippen LogP contribution is 2.25. The molecule has 0 aliphatic rings. The molecule has 0 N–H and O–H groups in total. The van der Waals surface area contributed by atoms with Crippen molar-refractivity contribution in [3.8, 4) is 5.75 Å². The molecule has 16 heavy (non-hydrogen) atoms. The Hall–Kier alpha value is -1.77. The summed E-state index contributed by atoms with van der Waals surface area (Å²) < 4.78 is 10.3. The third-order valence-electron chi connectivity index (χ3n) is 2.15. The average Bonchev–Trinajstić information content (AvgIpc) is 2.28. The number of hydrogen-bond donors (Lipinski definition) is 0. The lowest BCUT2D eigenvalue weighted by molar-refractivity contribution is -0.146. The Morgan fingerprint density at radius 2 is 2.31 bits per heavy atom. The molecule has 1 aromatic carbocycles. The number of benzene rings is 1. The summed E-state index contributed by atoms with van der Waals surface area (Å²) in [6, 6.07) is 7.48. The first-order valence-electron chi connectivity index (χ1n) is 5.09. The molecule has 0 fully saturated rings. The molecule has 0 unspecified atom stereocenters. The second-order valence-electron chi connectivity index (χ2n) is 3.40. The van der Waals surface area contributed by atoms with Crippen molar-refractivity contribution in [1.82, 2.24) is 0 Å². The Balaban J connectivity index is 2.90. The van der Waals surface area contributed by atoms with Crippen LogP contribution in [0.5, 0.6) is 5.75 Å². The molecule has 3 heteroatoms. The van der Waals surface area contributed by atoms with Crippen LogP contribution in [-0.4, -0.2) is 13.1 Å². The first kappa shape index (κ1) is 12.3. The lowest BCUT2D eigenvalue weighted by Crippen LogP contribution is -2.07. The van der Waals surface area contributed by atoms with Crippen LogP contribution in [0.25, 0.3) is 0 Å².